The normalized spacial score (nSPS) is 20.6. The minimum atomic E-state index is -4.43. The second-order valence-electron chi connectivity index (χ2n) is 4.85. The van der Waals surface area contributed by atoms with Crippen molar-refractivity contribution in [3.8, 4) is 0 Å². The summed E-state index contributed by atoms with van der Waals surface area (Å²) in [6.07, 6.45) is -3.49. The van der Waals surface area contributed by atoms with E-state index in [2.05, 4.69) is 26.6 Å². The van der Waals surface area contributed by atoms with Crippen LogP contribution < -0.4 is 21.5 Å². The second kappa shape index (κ2) is 5.99. The van der Waals surface area contributed by atoms with Gasteiger partial charge in [0.2, 0.25) is 0 Å². The number of hydrogen-bond acceptors (Lipinski definition) is 4. The third-order valence-corrected chi connectivity index (χ3v) is 3.50. The molecule has 1 aliphatic heterocycles. The van der Waals surface area contributed by atoms with Crippen LogP contribution in [0.5, 0.6) is 0 Å². The van der Waals surface area contributed by atoms with Gasteiger partial charge in [-0.05, 0) is 25.6 Å². The number of amides is 1. The number of hydrogen-bond donors (Lipinski definition) is 4. The van der Waals surface area contributed by atoms with Crippen molar-refractivity contribution in [1.82, 2.24) is 25.9 Å². The lowest BCUT2D eigenvalue weighted by molar-refractivity contribution is -0.173. The summed E-state index contributed by atoms with van der Waals surface area (Å²) in [7, 11) is 1.56. The van der Waals surface area contributed by atoms with Gasteiger partial charge in [0.25, 0.3) is 5.91 Å². The third-order valence-electron chi connectivity index (χ3n) is 3.19. The van der Waals surface area contributed by atoms with Crippen molar-refractivity contribution in [1.29, 1.82) is 0 Å². The van der Waals surface area contributed by atoms with Crippen LogP contribution in [0.15, 0.2) is 6.20 Å². The molecule has 0 aromatic carbocycles. The van der Waals surface area contributed by atoms with Gasteiger partial charge in [0.15, 0.2) is 11.2 Å². The van der Waals surface area contributed by atoms with Gasteiger partial charge >= 0.3 is 6.18 Å². The molecule has 1 aromatic heterocycles. The Hall–Kier alpha value is -2.04. The molecule has 2 atom stereocenters. The molecule has 2 rings (SSSR count). The molecule has 11 heteroatoms. The summed E-state index contributed by atoms with van der Waals surface area (Å²) in [4.78, 5) is 12.0. The summed E-state index contributed by atoms with van der Waals surface area (Å²) >= 11 is 4.79. The Labute approximate surface area is 129 Å². The van der Waals surface area contributed by atoms with Gasteiger partial charge in [-0.1, -0.05) is 0 Å². The van der Waals surface area contributed by atoms with Crippen molar-refractivity contribution in [2.75, 3.05) is 12.4 Å². The van der Waals surface area contributed by atoms with Gasteiger partial charge in [-0.25, -0.2) is 4.68 Å². The summed E-state index contributed by atoms with van der Waals surface area (Å²) < 4.78 is 40.0. The molecule has 0 spiro atoms. The van der Waals surface area contributed by atoms with E-state index < -0.39 is 24.2 Å². The quantitative estimate of drug-likeness (QED) is 0.451. The van der Waals surface area contributed by atoms with Gasteiger partial charge in [0.05, 0.1) is 6.20 Å². The maximum atomic E-state index is 13.1. The highest BCUT2D eigenvalue weighted by atomic mass is 32.1. The van der Waals surface area contributed by atoms with Crippen molar-refractivity contribution >= 4 is 29.1 Å². The van der Waals surface area contributed by atoms with Crippen LogP contribution >= 0.6 is 12.2 Å². The fourth-order valence-corrected chi connectivity index (χ4v) is 2.20. The van der Waals surface area contributed by atoms with Gasteiger partial charge in [0.1, 0.15) is 11.4 Å². The van der Waals surface area contributed by atoms with Crippen LogP contribution in [-0.2, 0) is 0 Å². The standard InChI is InChI=1S/C11H15F3N6OS/c1-5-3-7(11(12,13)14)20-8(17-5)6(4-16-20)9(21)18-19-10(22)15-2/h4-5,7,17H,3H2,1-2H3,(H,18,21)(H2,15,19,22). The number of carbonyl (C=O) groups excluding carboxylic acids is 1. The van der Waals surface area contributed by atoms with Gasteiger partial charge < -0.3 is 10.6 Å². The van der Waals surface area contributed by atoms with E-state index in [-0.39, 0.29) is 22.9 Å². The molecular formula is C11H15F3N6OS. The topological polar surface area (TPSA) is 83.0 Å². The van der Waals surface area contributed by atoms with E-state index in [4.69, 9.17) is 12.2 Å². The molecule has 2 heterocycles. The molecule has 0 fully saturated rings. The lowest BCUT2D eigenvalue weighted by Crippen LogP contribution is -2.46. The minimum absolute atomic E-state index is 0.00667. The molecular weight excluding hydrogens is 321 g/mol. The maximum absolute atomic E-state index is 13.1. The van der Waals surface area contributed by atoms with Crippen LogP contribution in [0.2, 0.25) is 0 Å². The number of nitrogens with one attached hydrogen (secondary N) is 4. The van der Waals surface area contributed by atoms with E-state index in [1.807, 2.05) is 0 Å². The number of alkyl halides is 3. The molecule has 1 aromatic rings. The van der Waals surface area contributed by atoms with Crippen molar-refractivity contribution in [3.63, 3.8) is 0 Å². The molecule has 1 aliphatic rings. The summed E-state index contributed by atoms with van der Waals surface area (Å²) in [6, 6.07) is -2.19. The summed E-state index contributed by atoms with van der Waals surface area (Å²) in [6.45, 7) is 1.62. The Bertz CT molecular complexity index is 587. The van der Waals surface area contributed by atoms with E-state index in [1.165, 1.54) is 0 Å². The number of thiocarbonyl (C=S) groups is 1. The van der Waals surface area contributed by atoms with Gasteiger partial charge in [-0.2, -0.15) is 18.3 Å². The molecule has 1 amide bonds. The van der Waals surface area contributed by atoms with Crippen LogP contribution in [0.3, 0.4) is 0 Å². The van der Waals surface area contributed by atoms with E-state index >= 15 is 0 Å². The fourth-order valence-electron chi connectivity index (χ4n) is 2.15. The highest BCUT2D eigenvalue weighted by Crippen LogP contribution is 2.39. The number of carbonyl (C=O) groups is 1. The molecule has 0 bridgehead atoms. The van der Waals surface area contributed by atoms with Crippen LogP contribution in [-0.4, -0.2) is 40.1 Å². The van der Waals surface area contributed by atoms with Crippen LogP contribution in [0.1, 0.15) is 29.7 Å². The number of rotatable bonds is 1. The molecule has 2 unspecified atom stereocenters. The van der Waals surface area contributed by atoms with E-state index in [1.54, 1.807) is 14.0 Å². The third kappa shape index (κ3) is 3.24. The Morgan fingerprint density at radius 3 is 2.77 bits per heavy atom. The van der Waals surface area contributed by atoms with Crippen molar-refractivity contribution in [2.24, 2.45) is 0 Å². The van der Waals surface area contributed by atoms with Gasteiger partial charge in [-0.15, -0.1) is 0 Å². The highest BCUT2D eigenvalue weighted by molar-refractivity contribution is 7.80. The zero-order chi connectivity index (χ0) is 16.5. The predicted octanol–water partition coefficient (Wildman–Crippen LogP) is 0.929. The largest absolute Gasteiger partial charge is 0.410 e. The average molecular weight is 336 g/mol. The zero-order valence-corrected chi connectivity index (χ0v) is 12.6. The molecule has 22 heavy (non-hydrogen) atoms. The smallest absolute Gasteiger partial charge is 0.367 e. The van der Waals surface area contributed by atoms with Crippen LogP contribution in [0.25, 0.3) is 0 Å². The summed E-state index contributed by atoms with van der Waals surface area (Å²) in [5.74, 6) is -0.600. The first-order valence-electron chi connectivity index (χ1n) is 6.43. The molecule has 0 radical (unpaired) electrons. The molecule has 0 aliphatic carbocycles. The molecule has 7 nitrogen and oxygen atoms in total. The van der Waals surface area contributed by atoms with E-state index in [9.17, 15) is 18.0 Å². The van der Waals surface area contributed by atoms with Gasteiger partial charge in [0, 0.05) is 13.1 Å². The zero-order valence-electron chi connectivity index (χ0n) is 11.8. The number of nitrogens with zero attached hydrogens (tertiary/aromatic N) is 2. The molecule has 4 N–H and O–H groups in total. The fraction of sp³-hybridized carbons (Fsp3) is 0.545. The number of hydrazine groups is 1. The first-order valence-corrected chi connectivity index (χ1v) is 6.83. The van der Waals surface area contributed by atoms with Crippen molar-refractivity contribution < 1.29 is 18.0 Å². The Morgan fingerprint density at radius 1 is 1.50 bits per heavy atom. The van der Waals surface area contributed by atoms with Crippen LogP contribution in [0, 0.1) is 0 Å². The second-order valence-corrected chi connectivity index (χ2v) is 5.26. The minimum Gasteiger partial charge on any atom is -0.367 e. The Morgan fingerprint density at radius 2 is 2.18 bits per heavy atom. The SMILES string of the molecule is CNC(=S)NNC(=O)c1cnn2c1NC(C)CC2C(F)(F)F. The molecule has 0 saturated carbocycles. The number of anilines is 1. The monoisotopic (exact) mass is 336 g/mol. The Balaban J connectivity index is 2.25. The highest BCUT2D eigenvalue weighted by Gasteiger charge is 2.46. The average Bonchev–Trinajstić information content (AvgIpc) is 2.85. The van der Waals surface area contributed by atoms with Gasteiger partial charge in [-0.3, -0.25) is 15.6 Å². The predicted molar refractivity (Wildman–Crippen MR) is 77.3 cm³/mol. The molecule has 0 saturated heterocycles. The number of fused-ring (bicyclic) bond motifs is 1. The van der Waals surface area contributed by atoms with E-state index in [0.717, 1.165) is 10.9 Å². The van der Waals surface area contributed by atoms with Crippen LogP contribution in [0.4, 0.5) is 19.0 Å². The number of aromatic nitrogens is 2. The number of halogens is 3. The first kappa shape index (κ1) is 16.3. The summed E-state index contributed by atoms with van der Waals surface area (Å²) in [5, 5.41) is 9.31. The Kier molecular flexibility index (Phi) is 4.44. The lowest BCUT2D eigenvalue weighted by atomic mass is 10.1. The maximum Gasteiger partial charge on any atom is 0.410 e. The first-order chi connectivity index (χ1) is 10.2. The summed E-state index contributed by atoms with van der Waals surface area (Å²) in [5.41, 5.74) is 4.71. The van der Waals surface area contributed by atoms with Crippen molar-refractivity contribution in [2.45, 2.75) is 31.6 Å². The lowest BCUT2D eigenvalue weighted by Gasteiger charge is -2.31. The van der Waals surface area contributed by atoms with Crippen molar-refractivity contribution in [3.05, 3.63) is 11.8 Å². The van der Waals surface area contributed by atoms with E-state index in [0.29, 0.717) is 0 Å². The molecule has 122 valence electrons.